The minimum Gasteiger partial charge on any atom is -0.489 e. The van der Waals surface area contributed by atoms with Crippen LogP contribution in [-0.4, -0.2) is 4.99 Å². The van der Waals surface area contributed by atoms with Crippen molar-refractivity contribution in [2.75, 3.05) is 0 Å². The molecule has 19 heavy (non-hydrogen) atoms. The Morgan fingerprint density at radius 3 is 2.68 bits per heavy atom. The lowest BCUT2D eigenvalue weighted by atomic mass is 10.1. The van der Waals surface area contributed by atoms with Gasteiger partial charge in [-0.1, -0.05) is 42.0 Å². The van der Waals surface area contributed by atoms with E-state index in [0.29, 0.717) is 16.6 Å². The lowest BCUT2D eigenvalue weighted by Gasteiger charge is -2.10. The summed E-state index contributed by atoms with van der Waals surface area (Å²) in [4.78, 5) is 0.408. The van der Waals surface area contributed by atoms with Gasteiger partial charge in [-0.25, -0.2) is 0 Å². The highest BCUT2D eigenvalue weighted by molar-refractivity contribution is 7.80. The number of aryl methyl sites for hydroxylation is 1. The maximum atomic E-state index is 5.91. The first kappa shape index (κ1) is 13.8. The fourth-order valence-corrected chi connectivity index (χ4v) is 2.04. The molecule has 0 radical (unpaired) electrons. The molecule has 2 rings (SSSR count). The van der Waals surface area contributed by atoms with Gasteiger partial charge in [-0.05, 0) is 42.3 Å². The van der Waals surface area contributed by atoms with Crippen LogP contribution < -0.4 is 10.5 Å². The lowest BCUT2D eigenvalue weighted by molar-refractivity contribution is 0.305. The number of hydrogen-bond donors (Lipinski definition) is 1. The van der Waals surface area contributed by atoms with Gasteiger partial charge < -0.3 is 10.5 Å². The van der Waals surface area contributed by atoms with Crippen LogP contribution in [0.5, 0.6) is 5.75 Å². The van der Waals surface area contributed by atoms with E-state index in [9.17, 15) is 0 Å². The molecule has 2 N–H and O–H groups in total. The summed E-state index contributed by atoms with van der Waals surface area (Å²) >= 11 is 10.9. The maximum Gasteiger partial charge on any atom is 0.121 e. The van der Waals surface area contributed by atoms with Gasteiger partial charge >= 0.3 is 0 Å². The predicted molar refractivity (Wildman–Crippen MR) is 82.9 cm³/mol. The average molecular weight is 292 g/mol. The van der Waals surface area contributed by atoms with Gasteiger partial charge in [0.2, 0.25) is 0 Å². The molecule has 2 nitrogen and oxygen atoms in total. The zero-order valence-electron chi connectivity index (χ0n) is 10.5. The highest BCUT2D eigenvalue weighted by atomic mass is 35.5. The molecule has 0 unspecified atom stereocenters. The summed E-state index contributed by atoms with van der Waals surface area (Å²) in [5.41, 5.74) is 8.68. The van der Waals surface area contributed by atoms with Crippen molar-refractivity contribution in [1.82, 2.24) is 0 Å². The molecule has 0 heterocycles. The summed E-state index contributed by atoms with van der Waals surface area (Å²) in [7, 11) is 0. The molecule has 0 atom stereocenters. The SMILES string of the molecule is Cc1cc(C(N)=S)ccc1COc1cccc(Cl)c1. The van der Waals surface area contributed by atoms with Crippen molar-refractivity contribution in [2.45, 2.75) is 13.5 Å². The minimum absolute atomic E-state index is 0.408. The van der Waals surface area contributed by atoms with Crippen LogP contribution in [0.2, 0.25) is 5.02 Å². The zero-order valence-corrected chi connectivity index (χ0v) is 12.1. The average Bonchev–Trinajstić information content (AvgIpc) is 2.37. The summed E-state index contributed by atoms with van der Waals surface area (Å²) in [6, 6.07) is 13.2. The van der Waals surface area contributed by atoms with Gasteiger partial charge in [-0.3, -0.25) is 0 Å². The Kier molecular flexibility index (Phi) is 4.40. The molecule has 0 aliphatic carbocycles. The van der Waals surface area contributed by atoms with Gasteiger partial charge in [0.05, 0.1) is 0 Å². The van der Waals surface area contributed by atoms with E-state index < -0.39 is 0 Å². The minimum atomic E-state index is 0.408. The van der Waals surface area contributed by atoms with E-state index in [2.05, 4.69) is 0 Å². The lowest BCUT2D eigenvalue weighted by Crippen LogP contribution is -2.10. The monoisotopic (exact) mass is 291 g/mol. The molecule has 98 valence electrons. The van der Waals surface area contributed by atoms with Crippen LogP contribution in [0.1, 0.15) is 16.7 Å². The van der Waals surface area contributed by atoms with Crippen LogP contribution in [0.4, 0.5) is 0 Å². The molecule has 4 heteroatoms. The van der Waals surface area contributed by atoms with E-state index in [1.807, 2.05) is 43.3 Å². The molecule has 0 aliphatic rings. The van der Waals surface area contributed by atoms with Crippen LogP contribution in [-0.2, 0) is 6.61 Å². The Morgan fingerprint density at radius 2 is 2.05 bits per heavy atom. The van der Waals surface area contributed by atoms with Crippen molar-refractivity contribution in [3.8, 4) is 5.75 Å². The molecule has 0 saturated heterocycles. The third-order valence-corrected chi connectivity index (χ3v) is 3.29. The molecule has 0 aliphatic heterocycles. The number of halogens is 1. The number of ether oxygens (including phenoxy) is 1. The Hall–Kier alpha value is -1.58. The van der Waals surface area contributed by atoms with Crippen LogP contribution in [0.3, 0.4) is 0 Å². The summed E-state index contributed by atoms with van der Waals surface area (Å²) in [5.74, 6) is 0.755. The fourth-order valence-electron chi connectivity index (χ4n) is 1.73. The van der Waals surface area contributed by atoms with Gasteiger partial charge in [0, 0.05) is 10.6 Å². The van der Waals surface area contributed by atoms with Gasteiger partial charge in [-0.15, -0.1) is 0 Å². The molecule has 0 bridgehead atoms. The summed E-state index contributed by atoms with van der Waals surface area (Å²) in [6.45, 7) is 2.50. The quantitative estimate of drug-likeness (QED) is 0.869. The topological polar surface area (TPSA) is 35.2 Å². The maximum absolute atomic E-state index is 5.91. The number of hydrogen-bond acceptors (Lipinski definition) is 2. The highest BCUT2D eigenvalue weighted by Gasteiger charge is 2.03. The summed E-state index contributed by atoms with van der Waals surface area (Å²) in [5, 5.41) is 0.665. The van der Waals surface area contributed by atoms with E-state index in [4.69, 9.17) is 34.3 Å². The first-order valence-corrected chi connectivity index (χ1v) is 6.62. The normalized spacial score (nSPS) is 10.2. The van der Waals surface area contributed by atoms with E-state index in [-0.39, 0.29) is 0 Å². The molecule has 0 saturated carbocycles. The number of benzene rings is 2. The second-order valence-electron chi connectivity index (χ2n) is 4.25. The Morgan fingerprint density at radius 1 is 1.26 bits per heavy atom. The Balaban J connectivity index is 2.10. The number of thiocarbonyl (C=S) groups is 1. The highest BCUT2D eigenvalue weighted by Crippen LogP contribution is 2.19. The van der Waals surface area contributed by atoms with Gasteiger partial charge in [0.25, 0.3) is 0 Å². The molecule has 0 amide bonds. The first-order valence-electron chi connectivity index (χ1n) is 5.84. The van der Waals surface area contributed by atoms with Crippen molar-refractivity contribution in [3.63, 3.8) is 0 Å². The van der Waals surface area contributed by atoms with E-state index in [1.54, 1.807) is 6.07 Å². The second-order valence-corrected chi connectivity index (χ2v) is 5.13. The van der Waals surface area contributed by atoms with E-state index in [0.717, 1.165) is 22.4 Å². The van der Waals surface area contributed by atoms with Gasteiger partial charge in [0.1, 0.15) is 17.3 Å². The van der Waals surface area contributed by atoms with Crippen LogP contribution in [0.15, 0.2) is 42.5 Å². The third kappa shape index (κ3) is 3.69. The van der Waals surface area contributed by atoms with Crippen molar-refractivity contribution in [3.05, 3.63) is 64.2 Å². The largest absolute Gasteiger partial charge is 0.489 e. The molecule has 2 aromatic rings. The van der Waals surface area contributed by atoms with Crippen LogP contribution in [0, 0.1) is 6.92 Å². The van der Waals surface area contributed by atoms with Crippen molar-refractivity contribution >= 4 is 28.8 Å². The first-order chi connectivity index (χ1) is 9.06. The third-order valence-electron chi connectivity index (χ3n) is 2.82. The molecule has 0 fully saturated rings. The van der Waals surface area contributed by atoms with Crippen molar-refractivity contribution in [1.29, 1.82) is 0 Å². The smallest absolute Gasteiger partial charge is 0.121 e. The van der Waals surface area contributed by atoms with E-state index >= 15 is 0 Å². The number of nitrogens with two attached hydrogens (primary N) is 1. The van der Waals surface area contributed by atoms with Gasteiger partial charge in [0.15, 0.2) is 0 Å². The fraction of sp³-hybridized carbons (Fsp3) is 0.133. The van der Waals surface area contributed by atoms with Crippen LogP contribution >= 0.6 is 23.8 Å². The second kappa shape index (κ2) is 6.04. The molecule has 2 aromatic carbocycles. The van der Waals surface area contributed by atoms with E-state index in [1.165, 1.54) is 0 Å². The summed E-state index contributed by atoms with van der Waals surface area (Å²) < 4.78 is 5.71. The van der Waals surface area contributed by atoms with Gasteiger partial charge in [-0.2, -0.15) is 0 Å². The zero-order chi connectivity index (χ0) is 13.8. The van der Waals surface area contributed by atoms with Crippen LogP contribution in [0.25, 0.3) is 0 Å². The molecule has 0 aromatic heterocycles. The standard InChI is InChI=1S/C15H14ClNOS/c1-10-7-11(15(17)19)5-6-12(10)9-18-14-4-2-3-13(16)8-14/h2-8H,9H2,1H3,(H2,17,19). The van der Waals surface area contributed by atoms with Crippen molar-refractivity contribution in [2.24, 2.45) is 5.73 Å². The molecule has 0 spiro atoms. The Bertz CT molecular complexity index is 613. The molecular weight excluding hydrogens is 278 g/mol. The predicted octanol–water partition coefficient (Wildman–Crippen LogP) is 3.86. The number of rotatable bonds is 4. The Labute approximate surface area is 123 Å². The summed E-state index contributed by atoms with van der Waals surface area (Å²) in [6.07, 6.45) is 0. The molecular formula is C15H14ClNOS. The van der Waals surface area contributed by atoms with Crippen molar-refractivity contribution < 1.29 is 4.74 Å².